The van der Waals surface area contributed by atoms with E-state index in [9.17, 15) is 19.2 Å². The van der Waals surface area contributed by atoms with Gasteiger partial charge in [0.05, 0.1) is 18.9 Å². The van der Waals surface area contributed by atoms with Crippen molar-refractivity contribution in [3.63, 3.8) is 0 Å². The van der Waals surface area contributed by atoms with E-state index in [0.717, 1.165) is 12.2 Å². The molecule has 9 nitrogen and oxygen atoms in total. The van der Waals surface area contributed by atoms with Gasteiger partial charge in [0, 0.05) is 19.3 Å². The summed E-state index contributed by atoms with van der Waals surface area (Å²) in [6.45, 7) is 2.92. The lowest BCUT2D eigenvalue weighted by Gasteiger charge is -2.13. The smallest absolute Gasteiger partial charge is 0.331 e. The summed E-state index contributed by atoms with van der Waals surface area (Å²) < 4.78 is 24.1. The maximum absolute atomic E-state index is 11.6. The SMILES string of the molecule is C#CCOC(=O)/C=C/C(=O)OCC(C)OC(=O)CCC(=O)OCC(C)OC. The molecule has 0 aromatic heterocycles. The van der Waals surface area contributed by atoms with E-state index in [1.807, 2.05) is 0 Å². The summed E-state index contributed by atoms with van der Waals surface area (Å²) in [5.74, 6) is -0.675. The first kappa shape index (κ1) is 24.1. The van der Waals surface area contributed by atoms with Crippen LogP contribution >= 0.6 is 0 Å². The number of carbonyl (C=O) groups is 4. The highest BCUT2D eigenvalue weighted by Crippen LogP contribution is 2.02. The molecule has 0 aromatic rings. The lowest BCUT2D eigenvalue weighted by atomic mass is 10.3. The number of rotatable bonds is 12. The molecule has 0 spiro atoms. The Balaban J connectivity index is 3.98. The van der Waals surface area contributed by atoms with Crippen LogP contribution in [0.5, 0.6) is 0 Å². The third kappa shape index (κ3) is 14.0. The number of terminal acetylenes is 1. The van der Waals surface area contributed by atoms with Crippen molar-refractivity contribution in [2.45, 2.75) is 38.9 Å². The van der Waals surface area contributed by atoms with Crippen LogP contribution < -0.4 is 0 Å². The summed E-state index contributed by atoms with van der Waals surface area (Å²) in [5, 5.41) is 0. The van der Waals surface area contributed by atoms with Crippen LogP contribution in [0, 0.1) is 12.3 Å². The summed E-state index contributed by atoms with van der Waals surface area (Å²) >= 11 is 0. The molecule has 9 heteroatoms. The Morgan fingerprint density at radius 3 is 2.04 bits per heavy atom. The fourth-order valence-corrected chi connectivity index (χ4v) is 1.42. The number of methoxy groups -OCH3 is 1. The Labute approximate surface area is 157 Å². The van der Waals surface area contributed by atoms with Crippen LogP contribution in [0.4, 0.5) is 0 Å². The fourth-order valence-electron chi connectivity index (χ4n) is 1.42. The monoisotopic (exact) mass is 384 g/mol. The van der Waals surface area contributed by atoms with Gasteiger partial charge in [-0.2, -0.15) is 0 Å². The van der Waals surface area contributed by atoms with Gasteiger partial charge in [-0.3, -0.25) is 9.59 Å². The van der Waals surface area contributed by atoms with E-state index in [0.29, 0.717) is 0 Å². The van der Waals surface area contributed by atoms with Crippen molar-refractivity contribution in [3.05, 3.63) is 12.2 Å². The molecule has 0 saturated heterocycles. The molecular weight excluding hydrogens is 360 g/mol. The standard InChI is InChI=1S/C18H24O9/c1-5-10-24-15(19)6-7-16(20)26-12-14(3)27-18(22)9-8-17(21)25-11-13(2)23-4/h1,6-7,13-14H,8-12H2,2-4H3/b7-6+. The van der Waals surface area contributed by atoms with Gasteiger partial charge in [0.1, 0.15) is 19.3 Å². The van der Waals surface area contributed by atoms with Crippen molar-refractivity contribution in [2.24, 2.45) is 0 Å². The molecule has 0 aliphatic carbocycles. The van der Waals surface area contributed by atoms with Crippen molar-refractivity contribution in [3.8, 4) is 12.3 Å². The Morgan fingerprint density at radius 1 is 0.889 bits per heavy atom. The van der Waals surface area contributed by atoms with Gasteiger partial charge in [-0.25, -0.2) is 9.59 Å². The van der Waals surface area contributed by atoms with Gasteiger partial charge < -0.3 is 23.7 Å². The molecule has 0 amide bonds. The van der Waals surface area contributed by atoms with Crippen LogP contribution in [0.15, 0.2) is 12.2 Å². The molecule has 0 aliphatic heterocycles. The number of ether oxygens (including phenoxy) is 5. The lowest BCUT2D eigenvalue weighted by Crippen LogP contribution is -2.23. The molecule has 0 aromatic carbocycles. The van der Waals surface area contributed by atoms with E-state index in [1.165, 1.54) is 14.0 Å². The van der Waals surface area contributed by atoms with Gasteiger partial charge in [-0.1, -0.05) is 5.92 Å². The topological polar surface area (TPSA) is 114 Å². The molecule has 0 bridgehead atoms. The fraction of sp³-hybridized carbons (Fsp3) is 0.556. The minimum Gasteiger partial charge on any atom is -0.463 e. The summed E-state index contributed by atoms with van der Waals surface area (Å²) in [6, 6.07) is 0. The Kier molecular flexibility index (Phi) is 12.8. The minimum atomic E-state index is -0.814. The lowest BCUT2D eigenvalue weighted by molar-refractivity contribution is -0.158. The number of hydrogen-bond donors (Lipinski definition) is 0. The summed E-state index contributed by atoms with van der Waals surface area (Å²) in [6.07, 6.45) is 5.38. The zero-order valence-electron chi connectivity index (χ0n) is 15.6. The molecule has 0 N–H and O–H groups in total. The highest BCUT2D eigenvalue weighted by Gasteiger charge is 2.14. The molecule has 0 heterocycles. The average molecular weight is 384 g/mol. The zero-order valence-corrected chi connectivity index (χ0v) is 15.6. The van der Waals surface area contributed by atoms with Gasteiger partial charge in [-0.15, -0.1) is 6.42 Å². The van der Waals surface area contributed by atoms with Gasteiger partial charge in [0.2, 0.25) is 0 Å². The Morgan fingerprint density at radius 2 is 1.44 bits per heavy atom. The van der Waals surface area contributed by atoms with E-state index in [2.05, 4.69) is 10.7 Å². The first-order chi connectivity index (χ1) is 12.8. The highest BCUT2D eigenvalue weighted by atomic mass is 16.6. The molecule has 27 heavy (non-hydrogen) atoms. The summed E-state index contributed by atoms with van der Waals surface area (Å²) in [4.78, 5) is 45.6. The third-order valence-electron chi connectivity index (χ3n) is 2.86. The first-order valence-corrected chi connectivity index (χ1v) is 8.11. The molecule has 0 radical (unpaired) electrons. The summed E-state index contributed by atoms with van der Waals surface area (Å²) in [7, 11) is 1.49. The second-order valence-electron chi connectivity index (χ2n) is 5.31. The average Bonchev–Trinajstić information content (AvgIpc) is 2.65. The van der Waals surface area contributed by atoms with Gasteiger partial charge in [-0.05, 0) is 13.8 Å². The molecule has 2 unspecified atom stereocenters. The van der Waals surface area contributed by atoms with Gasteiger partial charge in [0.15, 0.2) is 6.61 Å². The predicted molar refractivity (Wildman–Crippen MR) is 92.1 cm³/mol. The number of hydrogen-bond acceptors (Lipinski definition) is 9. The van der Waals surface area contributed by atoms with E-state index in [1.54, 1.807) is 6.92 Å². The molecule has 0 saturated carbocycles. The normalized spacial score (nSPS) is 12.5. The van der Waals surface area contributed by atoms with Crippen LogP contribution in [0.3, 0.4) is 0 Å². The van der Waals surface area contributed by atoms with Crippen LogP contribution in [0.2, 0.25) is 0 Å². The van der Waals surface area contributed by atoms with Crippen molar-refractivity contribution < 1.29 is 42.9 Å². The Bertz CT molecular complexity index is 574. The molecule has 0 rings (SSSR count). The van der Waals surface area contributed by atoms with Crippen molar-refractivity contribution in [1.29, 1.82) is 0 Å². The number of esters is 4. The third-order valence-corrected chi connectivity index (χ3v) is 2.86. The maximum Gasteiger partial charge on any atom is 0.331 e. The van der Waals surface area contributed by atoms with Crippen LogP contribution in [-0.2, 0) is 42.9 Å². The predicted octanol–water partition coefficient (Wildman–Crippen LogP) is 0.552. The van der Waals surface area contributed by atoms with Crippen molar-refractivity contribution >= 4 is 23.9 Å². The molecule has 0 aliphatic rings. The van der Waals surface area contributed by atoms with Gasteiger partial charge >= 0.3 is 23.9 Å². The second kappa shape index (κ2) is 14.3. The number of carbonyl (C=O) groups excluding carboxylic acids is 4. The summed E-state index contributed by atoms with van der Waals surface area (Å²) in [5.41, 5.74) is 0. The van der Waals surface area contributed by atoms with Crippen LogP contribution in [0.1, 0.15) is 26.7 Å². The second-order valence-corrected chi connectivity index (χ2v) is 5.31. The van der Waals surface area contributed by atoms with E-state index >= 15 is 0 Å². The quantitative estimate of drug-likeness (QED) is 0.206. The van der Waals surface area contributed by atoms with Crippen LogP contribution in [0.25, 0.3) is 0 Å². The van der Waals surface area contributed by atoms with E-state index in [-0.39, 0.29) is 38.8 Å². The molecule has 0 fully saturated rings. The Hall–Kier alpha value is -2.86. The molecule has 150 valence electrons. The van der Waals surface area contributed by atoms with Crippen LogP contribution in [-0.4, -0.2) is 63.0 Å². The minimum absolute atomic E-state index is 0.0977. The highest BCUT2D eigenvalue weighted by molar-refractivity contribution is 5.91. The maximum atomic E-state index is 11.6. The van der Waals surface area contributed by atoms with E-state index in [4.69, 9.17) is 25.4 Å². The molecular formula is C18H24O9. The van der Waals surface area contributed by atoms with E-state index < -0.39 is 30.0 Å². The first-order valence-electron chi connectivity index (χ1n) is 8.11. The van der Waals surface area contributed by atoms with Crippen molar-refractivity contribution in [1.82, 2.24) is 0 Å². The largest absolute Gasteiger partial charge is 0.463 e. The zero-order chi connectivity index (χ0) is 20.7. The van der Waals surface area contributed by atoms with Crippen molar-refractivity contribution in [2.75, 3.05) is 26.9 Å². The van der Waals surface area contributed by atoms with Gasteiger partial charge in [0.25, 0.3) is 0 Å². The molecule has 2 atom stereocenters.